The number of nitrogens with one attached hydrogen (secondary N) is 1. The zero-order chi connectivity index (χ0) is 9.56. The molecule has 72 valence electrons. The van der Waals surface area contributed by atoms with E-state index >= 15 is 0 Å². The Morgan fingerprint density at radius 2 is 2.17 bits per heavy atom. The summed E-state index contributed by atoms with van der Waals surface area (Å²) in [5.41, 5.74) is 0. The first-order valence-electron chi connectivity index (χ1n) is 4.50. The summed E-state index contributed by atoms with van der Waals surface area (Å²) in [6.07, 6.45) is 1.12. The van der Waals surface area contributed by atoms with Crippen LogP contribution in [0.15, 0.2) is 0 Å². The minimum atomic E-state index is 0.165. The monoisotopic (exact) mass is 172 g/mol. The molecular formula is C9H20N2O. The van der Waals surface area contributed by atoms with Crippen molar-refractivity contribution in [2.75, 3.05) is 27.2 Å². The maximum Gasteiger partial charge on any atom is 0.236 e. The molecular weight excluding hydrogens is 152 g/mol. The van der Waals surface area contributed by atoms with Crippen molar-refractivity contribution in [3.8, 4) is 0 Å². The molecule has 3 heteroatoms. The van der Waals surface area contributed by atoms with Gasteiger partial charge in [-0.1, -0.05) is 20.3 Å². The summed E-state index contributed by atoms with van der Waals surface area (Å²) in [4.78, 5) is 13.0. The average molecular weight is 172 g/mol. The molecule has 0 radical (unpaired) electrons. The van der Waals surface area contributed by atoms with Crippen molar-refractivity contribution >= 4 is 5.91 Å². The highest BCUT2D eigenvalue weighted by Gasteiger charge is 2.09. The molecule has 1 N–H and O–H groups in total. The maximum absolute atomic E-state index is 11.3. The standard InChI is InChI=1S/C9H20N2O/c1-5-8(2)7-11(4)9(12)6-10-3/h8,10H,5-7H2,1-4H3. The van der Waals surface area contributed by atoms with E-state index in [2.05, 4.69) is 19.2 Å². The molecule has 0 aromatic carbocycles. The Morgan fingerprint density at radius 3 is 2.58 bits per heavy atom. The van der Waals surface area contributed by atoms with Gasteiger partial charge in [0.05, 0.1) is 6.54 Å². The minimum absolute atomic E-state index is 0.165. The molecule has 0 aliphatic heterocycles. The summed E-state index contributed by atoms with van der Waals surface area (Å²) >= 11 is 0. The fourth-order valence-electron chi connectivity index (χ4n) is 0.985. The molecule has 0 bridgehead atoms. The lowest BCUT2D eigenvalue weighted by Gasteiger charge is -2.20. The second-order valence-electron chi connectivity index (χ2n) is 3.32. The van der Waals surface area contributed by atoms with Crippen LogP contribution in [-0.4, -0.2) is 38.0 Å². The zero-order valence-electron chi connectivity index (χ0n) is 8.55. The molecule has 1 amide bonds. The third-order valence-electron chi connectivity index (χ3n) is 2.04. The molecule has 0 heterocycles. The number of carbonyl (C=O) groups is 1. The SMILES string of the molecule is CCC(C)CN(C)C(=O)CNC. The highest BCUT2D eigenvalue weighted by molar-refractivity contribution is 5.77. The Labute approximate surface area is 75.1 Å². The third kappa shape index (κ3) is 4.34. The summed E-state index contributed by atoms with van der Waals surface area (Å²) in [5.74, 6) is 0.758. The van der Waals surface area contributed by atoms with Gasteiger partial charge in [-0.15, -0.1) is 0 Å². The van der Waals surface area contributed by atoms with Gasteiger partial charge in [-0.2, -0.15) is 0 Å². The zero-order valence-corrected chi connectivity index (χ0v) is 8.55. The Hall–Kier alpha value is -0.570. The first kappa shape index (κ1) is 11.4. The van der Waals surface area contributed by atoms with E-state index in [1.807, 2.05) is 7.05 Å². The fraction of sp³-hybridized carbons (Fsp3) is 0.889. The number of rotatable bonds is 5. The van der Waals surface area contributed by atoms with Gasteiger partial charge < -0.3 is 10.2 Å². The highest BCUT2D eigenvalue weighted by atomic mass is 16.2. The average Bonchev–Trinajstić information content (AvgIpc) is 2.04. The van der Waals surface area contributed by atoms with Crippen molar-refractivity contribution in [2.45, 2.75) is 20.3 Å². The molecule has 0 aromatic heterocycles. The van der Waals surface area contributed by atoms with Crippen LogP contribution in [0, 0.1) is 5.92 Å². The summed E-state index contributed by atoms with van der Waals surface area (Å²) in [6.45, 7) is 5.59. The number of nitrogens with zero attached hydrogens (tertiary/aromatic N) is 1. The molecule has 0 saturated heterocycles. The van der Waals surface area contributed by atoms with Gasteiger partial charge >= 0.3 is 0 Å². The van der Waals surface area contributed by atoms with Crippen molar-refractivity contribution in [3.05, 3.63) is 0 Å². The Morgan fingerprint density at radius 1 is 1.58 bits per heavy atom. The van der Waals surface area contributed by atoms with E-state index in [9.17, 15) is 4.79 Å². The molecule has 0 aliphatic rings. The maximum atomic E-state index is 11.3. The largest absolute Gasteiger partial charge is 0.344 e. The van der Waals surface area contributed by atoms with E-state index in [1.54, 1.807) is 11.9 Å². The number of hydrogen-bond donors (Lipinski definition) is 1. The molecule has 3 nitrogen and oxygen atoms in total. The first-order valence-corrected chi connectivity index (χ1v) is 4.50. The van der Waals surface area contributed by atoms with Crippen LogP contribution in [0.4, 0.5) is 0 Å². The quantitative estimate of drug-likeness (QED) is 0.662. The van der Waals surface area contributed by atoms with Crippen molar-refractivity contribution in [2.24, 2.45) is 5.92 Å². The van der Waals surface area contributed by atoms with Crippen LogP contribution >= 0.6 is 0 Å². The smallest absolute Gasteiger partial charge is 0.236 e. The predicted molar refractivity (Wildman–Crippen MR) is 51.0 cm³/mol. The van der Waals surface area contributed by atoms with Crippen LogP contribution in [0.25, 0.3) is 0 Å². The topological polar surface area (TPSA) is 32.3 Å². The second kappa shape index (κ2) is 6.00. The van der Waals surface area contributed by atoms with Crippen LogP contribution < -0.4 is 5.32 Å². The highest BCUT2D eigenvalue weighted by Crippen LogP contribution is 2.02. The van der Waals surface area contributed by atoms with Crippen molar-refractivity contribution in [3.63, 3.8) is 0 Å². The summed E-state index contributed by atoms with van der Waals surface area (Å²) in [5, 5.41) is 2.85. The Kier molecular flexibility index (Phi) is 5.72. The molecule has 1 atom stereocenters. The third-order valence-corrected chi connectivity index (χ3v) is 2.04. The van der Waals surface area contributed by atoms with Gasteiger partial charge in [0.1, 0.15) is 0 Å². The van der Waals surface area contributed by atoms with Gasteiger partial charge in [0.25, 0.3) is 0 Å². The van der Waals surface area contributed by atoms with Crippen LogP contribution in [0.1, 0.15) is 20.3 Å². The van der Waals surface area contributed by atoms with Gasteiger partial charge in [-0.05, 0) is 13.0 Å². The predicted octanol–water partition coefficient (Wildman–Crippen LogP) is 0.710. The molecule has 0 spiro atoms. The molecule has 1 unspecified atom stereocenters. The molecule has 0 saturated carbocycles. The second-order valence-corrected chi connectivity index (χ2v) is 3.32. The first-order chi connectivity index (χ1) is 5.61. The Bertz CT molecular complexity index is 136. The van der Waals surface area contributed by atoms with Gasteiger partial charge in [-0.25, -0.2) is 0 Å². The number of carbonyl (C=O) groups excluding carboxylic acids is 1. The minimum Gasteiger partial charge on any atom is -0.344 e. The van der Waals surface area contributed by atoms with Crippen LogP contribution in [0.5, 0.6) is 0 Å². The summed E-state index contributed by atoms with van der Waals surface area (Å²) in [6, 6.07) is 0. The van der Waals surface area contributed by atoms with Crippen molar-refractivity contribution in [1.82, 2.24) is 10.2 Å². The van der Waals surface area contributed by atoms with Gasteiger partial charge in [0, 0.05) is 13.6 Å². The van der Waals surface area contributed by atoms with E-state index in [1.165, 1.54) is 0 Å². The summed E-state index contributed by atoms with van der Waals surface area (Å²) in [7, 11) is 3.64. The Balaban J connectivity index is 3.70. The normalized spacial score (nSPS) is 12.7. The van der Waals surface area contributed by atoms with E-state index in [0.29, 0.717) is 12.5 Å². The van der Waals surface area contributed by atoms with Gasteiger partial charge in [-0.3, -0.25) is 4.79 Å². The van der Waals surface area contributed by atoms with Crippen LogP contribution in [0.2, 0.25) is 0 Å². The fourth-order valence-corrected chi connectivity index (χ4v) is 0.985. The molecule has 12 heavy (non-hydrogen) atoms. The van der Waals surface area contributed by atoms with E-state index in [4.69, 9.17) is 0 Å². The molecule has 0 fully saturated rings. The van der Waals surface area contributed by atoms with Crippen LogP contribution in [-0.2, 0) is 4.79 Å². The molecule has 0 aromatic rings. The van der Waals surface area contributed by atoms with Crippen molar-refractivity contribution in [1.29, 1.82) is 0 Å². The number of amides is 1. The van der Waals surface area contributed by atoms with E-state index in [-0.39, 0.29) is 5.91 Å². The van der Waals surface area contributed by atoms with Gasteiger partial charge in [0.15, 0.2) is 0 Å². The van der Waals surface area contributed by atoms with E-state index < -0.39 is 0 Å². The number of likely N-dealkylation sites (N-methyl/N-ethyl adjacent to an activating group) is 2. The lowest BCUT2D eigenvalue weighted by molar-refractivity contribution is -0.129. The molecule has 0 rings (SSSR count). The summed E-state index contributed by atoms with van der Waals surface area (Å²) < 4.78 is 0. The van der Waals surface area contributed by atoms with Crippen molar-refractivity contribution < 1.29 is 4.79 Å². The lowest BCUT2D eigenvalue weighted by Crippen LogP contribution is -2.36. The van der Waals surface area contributed by atoms with Gasteiger partial charge in [0.2, 0.25) is 5.91 Å². The van der Waals surface area contributed by atoms with Crippen LogP contribution in [0.3, 0.4) is 0 Å². The number of hydrogen-bond acceptors (Lipinski definition) is 2. The van der Waals surface area contributed by atoms with E-state index in [0.717, 1.165) is 13.0 Å². The lowest BCUT2D eigenvalue weighted by atomic mass is 10.1. The molecule has 0 aliphatic carbocycles.